The lowest BCUT2D eigenvalue weighted by atomic mass is 10.2. The van der Waals surface area contributed by atoms with Crippen molar-refractivity contribution in [1.82, 2.24) is 9.21 Å². The van der Waals surface area contributed by atoms with Crippen LogP contribution in [0, 0.1) is 11.6 Å². The highest BCUT2D eigenvalue weighted by atomic mass is 32.2. The lowest BCUT2D eigenvalue weighted by Crippen LogP contribution is -2.39. The minimum Gasteiger partial charge on any atom is -0.380 e. The summed E-state index contributed by atoms with van der Waals surface area (Å²) < 4.78 is 58.4. The van der Waals surface area contributed by atoms with Crippen molar-refractivity contribution >= 4 is 10.0 Å². The molecular weight excluding hydrogens is 326 g/mol. The number of halogens is 2. The van der Waals surface area contributed by atoms with Gasteiger partial charge in [-0.3, -0.25) is 4.90 Å². The first kappa shape index (κ1) is 16.8. The third-order valence-electron chi connectivity index (χ3n) is 4.44. The van der Waals surface area contributed by atoms with Gasteiger partial charge >= 0.3 is 0 Å². The molecule has 23 heavy (non-hydrogen) atoms. The average Bonchev–Trinajstić information content (AvgIpc) is 2.94. The Balaban J connectivity index is 1.73. The summed E-state index contributed by atoms with van der Waals surface area (Å²) in [5.74, 6) is -2.20. The highest BCUT2D eigenvalue weighted by Gasteiger charge is 2.30. The van der Waals surface area contributed by atoms with E-state index in [1.807, 2.05) is 0 Å². The Labute approximate surface area is 134 Å². The van der Waals surface area contributed by atoms with Crippen LogP contribution in [0.1, 0.15) is 12.8 Å². The van der Waals surface area contributed by atoms with Crippen molar-refractivity contribution in [3.8, 4) is 0 Å². The van der Waals surface area contributed by atoms with Crippen LogP contribution in [0.2, 0.25) is 0 Å². The SMILES string of the molecule is O=S(=O)(c1ccc(F)c(F)c1)N1CCCN(C2CCOC2)CC1. The third kappa shape index (κ3) is 3.55. The number of ether oxygens (including phenoxy) is 1. The van der Waals surface area contributed by atoms with Crippen molar-refractivity contribution in [3.05, 3.63) is 29.8 Å². The summed E-state index contributed by atoms with van der Waals surface area (Å²) in [6, 6.07) is 3.06. The Morgan fingerprint density at radius 3 is 2.61 bits per heavy atom. The van der Waals surface area contributed by atoms with Gasteiger partial charge in [0.1, 0.15) is 0 Å². The Hall–Kier alpha value is -1.09. The van der Waals surface area contributed by atoms with Crippen LogP contribution in [-0.4, -0.2) is 63.1 Å². The zero-order valence-corrected chi connectivity index (χ0v) is 13.6. The fourth-order valence-electron chi connectivity index (χ4n) is 3.12. The van der Waals surface area contributed by atoms with Crippen LogP contribution >= 0.6 is 0 Å². The smallest absolute Gasteiger partial charge is 0.243 e. The first-order valence-electron chi connectivity index (χ1n) is 7.75. The Bertz CT molecular complexity index is 663. The molecular formula is C15H20F2N2O3S. The molecule has 3 rings (SSSR count). The standard InChI is InChI=1S/C15H20F2N2O3S/c16-14-3-2-13(10-15(14)17)23(20,21)19-6-1-5-18(7-8-19)12-4-9-22-11-12/h2-3,10,12H,1,4-9,11H2. The van der Waals surface area contributed by atoms with Gasteiger partial charge in [0.2, 0.25) is 10.0 Å². The summed E-state index contributed by atoms with van der Waals surface area (Å²) in [7, 11) is -3.80. The molecule has 0 spiro atoms. The second-order valence-corrected chi connectivity index (χ2v) is 7.82. The van der Waals surface area contributed by atoms with Crippen LogP contribution in [0.15, 0.2) is 23.1 Å². The van der Waals surface area contributed by atoms with Crippen molar-refractivity contribution in [1.29, 1.82) is 0 Å². The number of rotatable bonds is 3. The number of hydrogen-bond acceptors (Lipinski definition) is 4. The summed E-state index contributed by atoms with van der Waals surface area (Å²) in [4.78, 5) is 2.06. The van der Waals surface area contributed by atoms with Crippen molar-refractivity contribution in [2.45, 2.75) is 23.8 Å². The molecule has 8 heteroatoms. The largest absolute Gasteiger partial charge is 0.380 e. The van der Waals surface area contributed by atoms with E-state index in [0.29, 0.717) is 38.7 Å². The molecule has 0 saturated carbocycles. The van der Waals surface area contributed by atoms with E-state index in [1.54, 1.807) is 0 Å². The van der Waals surface area contributed by atoms with Crippen molar-refractivity contribution in [2.75, 3.05) is 39.4 Å². The van der Waals surface area contributed by atoms with Gasteiger partial charge in [0, 0.05) is 32.3 Å². The van der Waals surface area contributed by atoms with E-state index >= 15 is 0 Å². The van der Waals surface area contributed by atoms with Gasteiger partial charge in [-0.2, -0.15) is 4.31 Å². The molecule has 1 aromatic rings. The highest BCUT2D eigenvalue weighted by molar-refractivity contribution is 7.89. The van der Waals surface area contributed by atoms with Gasteiger partial charge in [-0.15, -0.1) is 0 Å². The lowest BCUT2D eigenvalue weighted by Gasteiger charge is -2.26. The molecule has 0 amide bonds. The van der Waals surface area contributed by atoms with Crippen molar-refractivity contribution in [2.24, 2.45) is 0 Å². The molecule has 2 fully saturated rings. The predicted octanol–water partition coefficient (Wildman–Crippen LogP) is 1.45. The maximum atomic E-state index is 13.3. The fourth-order valence-corrected chi connectivity index (χ4v) is 4.60. The molecule has 2 aliphatic heterocycles. The molecule has 2 aliphatic rings. The van der Waals surface area contributed by atoms with Gasteiger partial charge < -0.3 is 4.74 Å². The van der Waals surface area contributed by atoms with Gasteiger partial charge in [0.15, 0.2) is 11.6 Å². The first-order chi connectivity index (χ1) is 11.0. The molecule has 2 heterocycles. The first-order valence-corrected chi connectivity index (χ1v) is 9.19. The molecule has 0 N–H and O–H groups in total. The summed E-state index contributed by atoms with van der Waals surface area (Å²) >= 11 is 0. The van der Waals surface area contributed by atoms with Gasteiger partial charge in [-0.25, -0.2) is 17.2 Å². The number of benzene rings is 1. The zero-order chi connectivity index (χ0) is 16.4. The number of hydrogen-bond donors (Lipinski definition) is 0. The Morgan fingerprint density at radius 2 is 1.91 bits per heavy atom. The van der Waals surface area contributed by atoms with Crippen LogP contribution in [0.5, 0.6) is 0 Å². The fraction of sp³-hybridized carbons (Fsp3) is 0.600. The molecule has 0 aliphatic carbocycles. The molecule has 0 radical (unpaired) electrons. The maximum Gasteiger partial charge on any atom is 0.243 e. The summed E-state index contributed by atoms with van der Waals surface area (Å²) in [6.07, 6.45) is 1.68. The Morgan fingerprint density at radius 1 is 1.09 bits per heavy atom. The maximum absolute atomic E-state index is 13.3. The van der Waals surface area contributed by atoms with Crippen LogP contribution in [0.25, 0.3) is 0 Å². The average molecular weight is 346 g/mol. The lowest BCUT2D eigenvalue weighted by molar-refractivity contribution is 0.147. The van der Waals surface area contributed by atoms with Gasteiger partial charge in [-0.05, 0) is 37.6 Å². The van der Waals surface area contributed by atoms with Crippen molar-refractivity contribution in [3.63, 3.8) is 0 Å². The molecule has 0 aromatic heterocycles. The molecule has 0 bridgehead atoms. The normalized spacial score (nSPS) is 24.7. The summed E-state index contributed by atoms with van der Waals surface area (Å²) in [6.45, 7) is 3.60. The Kier molecular flexibility index (Phi) is 4.96. The van der Waals surface area contributed by atoms with Crippen LogP contribution in [0.4, 0.5) is 8.78 Å². The quantitative estimate of drug-likeness (QED) is 0.831. The second kappa shape index (κ2) is 6.80. The summed E-state index contributed by atoms with van der Waals surface area (Å²) in [5.41, 5.74) is 0. The van der Waals surface area contributed by atoms with Gasteiger partial charge in [0.25, 0.3) is 0 Å². The van der Waals surface area contributed by atoms with E-state index in [1.165, 1.54) is 4.31 Å². The molecule has 128 valence electrons. The summed E-state index contributed by atoms with van der Waals surface area (Å²) in [5, 5.41) is 0. The molecule has 2 saturated heterocycles. The minimum absolute atomic E-state index is 0.200. The molecule has 1 atom stereocenters. The van der Waals surface area contributed by atoms with E-state index in [0.717, 1.165) is 37.8 Å². The van der Waals surface area contributed by atoms with Gasteiger partial charge in [0.05, 0.1) is 11.5 Å². The van der Waals surface area contributed by atoms with E-state index < -0.39 is 21.7 Å². The van der Waals surface area contributed by atoms with E-state index in [2.05, 4.69) is 4.90 Å². The topological polar surface area (TPSA) is 49.9 Å². The monoisotopic (exact) mass is 346 g/mol. The predicted molar refractivity (Wildman–Crippen MR) is 80.5 cm³/mol. The van der Waals surface area contributed by atoms with Crippen LogP contribution in [-0.2, 0) is 14.8 Å². The molecule has 1 aromatic carbocycles. The second-order valence-electron chi connectivity index (χ2n) is 5.89. The molecule has 5 nitrogen and oxygen atoms in total. The van der Waals surface area contributed by atoms with E-state index in [4.69, 9.17) is 4.74 Å². The van der Waals surface area contributed by atoms with Crippen molar-refractivity contribution < 1.29 is 21.9 Å². The number of sulfonamides is 1. The molecule has 1 unspecified atom stereocenters. The van der Waals surface area contributed by atoms with Crippen LogP contribution < -0.4 is 0 Å². The van der Waals surface area contributed by atoms with E-state index in [9.17, 15) is 17.2 Å². The zero-order valence-electron chi connectivity index (χ0n) is 12.7. The highest BCUT2D eigenvalue weighted by Crippen LogP contribution is 2.21. The minimum atomic E-state index is -3.80. The number of nitrogens with zero attached hydrogens (tertiary/aromatic N) is 2. The van der Waals surface area contributed by atoms with E-state index in [-0.39, 0.29) is 4.90 Å². The van der Waals surface area contributed by atoms with Gasteiger partial charge in [-0.1, -0.05) is 0 Å². The van der Waals surface area contributed by atoms with Crippen LogP contribution in [0.3, 0.4) is 0 Å². The third-order valence-corrected chi connectivity index (χ3v) is 6.33.